The Bertz CT molecular complexity index is 942. The number of nitrogens with zero attached hydrogens (tertiary/aromatic N) is 1. The molecule has 2 aromatic rings. The van der Waals surface area contributed by atoms with Crippen molar-refractivity contribution in [2.45, 2.75) is 6.04 Å². The number of nitrogens with one attached hydrogen (secondary N) is 2. The molecule has 1 saturated heterocycles. The minimum atomic E-state index is -0.760. The number of fused-ring (bicyclic) bond motifs is 2. The Morgan fingerprint density at radius 3 is 2.88 bits per heavy atom. The van der Waals surface area contributed by atoms with Gasteiger partial charge in [0.15, 0.2) is 5.75 Å². The lowest BCUT2D eigenvalue weighted by atomic mass is 10.1. The third kappa shape index (κ3) is 2.53. The minimum absolute atomic E-state index is 0.0903. The van der Waals surface area contributed by atoms with Crippen molar-refractivity contribution in [2.75, 3.05) is 26.2 Å². The summed E-state index contributed by atoms with van der Waals surface area (Å²) in [7, 11) is 0. The molecule has 1 aromatic heterocycles. The second kappa shape index (κ2) is 6.30. The topological polar surface area (TPSA) is 94.7 Å². The summed E-state index contributed by atoms with van der Waals surface area (Å²) >= 11 is 6.35. The van der Waals surface area contributed by atoms with Crippen LogP contribution in [0.3, 0.4) is 0 Å². The number of halogens is 2. The first-order chi connectivity index (χ1) is 12.5. The number of hydrogen-bond acceptors (Lipinski definition) is 5. The number of hydrogen-bond donors (Lipinski definition) is 3. The molecule has 2 aliphatic heterocycles. The molecule has 26 heavy (non-hydrogen) atoms. The molecule has 7 nitrogen and oxygen atoms in total. The van der Waals surface area contributed by atoms with E-state index in [9.17, 15) is 19.1 Å². The quantitative estimate of drug-likeness (QED) is 0.695. The van der Waals surface area contributed by atoms with Gasteiger partial charge in [0.25, 0.3) is 11.5 Å². The number of piperazine rings is 1. The molecule has 4 rings (SSSR count). The van der Waals surface area contributed by atoms with Gasteiger partial charge in [0.1, 0.15) is 28.8 Å². The number of phenolic OH excluding ortho intramolecular Hbond substituents is 1. The molecule has 9 heteroatoms. The lowest BCUT2D eigenvalue weighted by Crippen LogP contribution is -2.55. The molecule has 136 valence electrons. The van der Waals surface area contributed by atoms with Crippen LogP contribution in [0.4, 0.5) is 4.39 Å². The van der Waals surface area contributed by atoms with E-state index in [1.165, 1.54) is 12.1 Å². The van der Waals surface area contributed by atoms with E-state index in [-0.39, 0.29) is 46.0 Å². The third-order valence-corrected chi connectivity index (χ3v) is 4.96. The van der Waals surface area contributed by atoms with Crippen LogP contribution in [0.1, 0.15) is 10.4 Å². The van der Waals surface area contributed by atoms with Gasteiger partial charge in [-0.2, -0.15) is 0 Å². The summed E-state index contributed by atoms with van der Waals surface area (Å²) in [5, 5.41) is 13.0. The molecule has 2 aliphatic rings. The maximum absolute atomic E-state index is 14.2. The number of rotatable bonds is 1. The molecule has 0 unspecified atom stereocenters. The van der Waals surface area contributed by atoms with Crippen molar-refractivity contribution in [1.82, 2.24) is 15.2 Å². The average molecular weight is 380 g/mol. The van der Waals surface area contributed by atoms with Crippen LogP contribution in [-0.4, -0.2) is 53.2 Å². The minimum Gasteiger partial charge on any atom is -0.507 e. The number of pyridine rings is 1. The normalized spacial score (nSPS) is 19.4. The molecule has 3 heterocycles. The molecule has 3 N–H and O–H groups in total. The summed E-state index contributed by atoms with van der Waals surface area (Å²) in [6.45, 7) is 1.75. The number of benzene rings is 1. The van der Waals surface area contributed by atoms with Crippen molar-refractivity contribution in [3.8, 4) is 22.8 Å². The van der Waals surface area contributed by atoms with Crippen molar-refractivity contribution < 1.29 is 19.0 Å². The Morgan fingerprint density at radius 1 is 1.31 bits per heavy atom. The SMILES string of the molecule is O=C1c2c(c(Cl)c(-c3c(O)cccc3F)[nH]c2=O)OC[C@H]2CNCCN12. The summed E-state index contributed by atoms with van der Waals surface area (Å²) in [4.78, 5) is 29.5. The van der Waals surface area contributed by atoms with Crippen LogP contribution in [0.5, 0.6) is 11.5 Å². The Labute approximate surface area is 152 Å². The predicted molar refractivity (Wildman–Crippen MR) is 92.3 cm³/mol. The molecule has 0 bridgehead atoms. The van der Waals surface area contributed by atoms with E-state index in [2.05, 4.69) is 10.3 Å². The fourth-order valence-corrected chi connectivity index (χ4v) is 3.61. The van der Waals surface area contributed by atoms with Crippen molar-refractivity contribution >= 4 is 17.5 Å². The van der Waals surface area contributed by atoms with Gasteiger partial charge < -0.3 is 25.0 Å². The fraction of sp³-hybridized carbons (Fsp3) is 0.294. The number of carbonyl (C=O) groups is 1. The summed E-state index contributed by atoms with van der Waals surface area (Å²) in [5.41, 5.74) is -1.33. The van der Waals surface area contributed by atoms with E-state index in [0.717, 1.165) is 6.07 Å². The first-order valence-electron chi connectivity index (χ1n) is 8.07. The largest absolute Gasteiger partial charge is 0.507 e. The smallest absolute Gasteiger partial charge is 0.265 e. The van der Waals surface area contributed by atoms with Crippen LogP contribution < -0.4 is 15.6 Å². The van der Waals surface area contributed by atoms with Gasteiger partial charge in [0.2, 0.25) is 0 Å². The molecule has 0 saturated carbocycles. The van der Waals surface area contributed by atoms with E-state index < -0.39 is 17.3 Å². The summed E-state index contributed by atoms with van der Waals surface area (Å²) in [6.07, 6.45) is 0. The molecular weight excluding hydrogens is 365 g/mol. The Kier molecular flexibility index (Phi) is 4.08. The molecule has 1 aromatic carbocycles. The predicted octanol–water partition coefficient (Wildman–Crippen LogP) is 1.35. The van der Waals surface area contributed by atoms with Crippen LogP contribution >= 0.6 is 11.6 Å². The van der Waals surface area contributed by atoms with E-state index >= 15 is 0 Å². The number of amides is 1. The number of carbonyl (C=O) groups excluding carboxylic acids is 1. The van der Waals surface area contributed by atoms with E-state index in [0.29, 0.717) is 19.6 Å². The second-order valence-corrected chi connectivity index (χ2v) is 6.53. The van der Waals surface area contributed by atoms with Crippen molar-refractivity contribution in [3.63, 3.8) is 0 Å². The van der Waals surface area contributed by atoms with Crippen molar-refractivity contribution in [3.05, 3.63) is 45.0 Å². The van der Waals surface area contributed by atoms with Crippen molar-refractivity contribution in [2.24, 2.45) is 0 Å². The van der Waals surface area contributed by atoms with Crippen LogP contribution in [-0.2, 0) is 0 Å². The van der Waals surface area contributed by atoms with Gasteiger partial charge in [-0.3, -0.25) is 9.59 Å². The number of aromatic amines is 1. The van der Waals surface area contributed by atoms with Gasteiger partial charge in [0.05, 0.1) is 17.3 Å². The Hall–Kier alpha value is -2.58. The second-order valence-electron chi connectivity index (χ2n) is 6.15. The van der Waals surface area contributed by atoms with Crippen LogP contribution in [0.15, 0.2) is 23.0 Å². The zero-order valence-corrected chi connectivity index (χ0v) is 14.3. The van der Waals surface area contributed by atoms with Crippen molar-refractivity contribution in [1.29, 1.82) is 0 Å². The first-order valence-corrected chi connectivity index (χ1v) is 8.45. The van der Waals surface area contributed by atoms with Gasteiger partial charge >= 0.3 is 0 Å². The lowest BCUT2D eigenvalue weighted by molar-refractivity contribution is 0.0605. The molecular formula is C17H15ClFN3O4. The van der Waals surface area contributed by atoms with E-state index in [1.54, 1.807) is 4.90 Å². The molecule has 0 aliphatic carbocycles. The highest BCUT2D eigenvalue weighted by Gasteiger charge is 2.36. The summed E-state index contributed by atoms with van der Waals surface area (Å²) < 4.78 is 19.9. The van der Waals surface area contributed by atoms with Crippen LogP contribution in [0.2, 0.25) is 5.02 Å². The highest BCUT2D eigenvalue weighted by molar-refractivity contribution is 6.35. The van der Waals surface area contributed by atoms with Gasteiger partial charge in [-0.05, 0) is 12.1 Å². The zero-order chi connectivity index (χ0) is 18.4. The third-order valence-electron chi connectivity index (χ3n) is 4.60. The van der Waals surface area contributed by atoms with Gasteiger partial charge in [-0.25, -0.2) is 4.39 Å². The molecule has 0 radical (unpaired) electrons. The first kappa shape index (κ1) is 16.9. The lowest BCUT2D eigenvalue weighted by Gasteiger charge is -2.33. The maximum Gasteiger partial charge on any atom is 0.265 e. The number of aromatic hydroxyl groups is 1. The molecule has 0 spiro atoms. The zero-order valence-electron chi connectivity index (χ0n) is 13.5. The summed E-state index contributed by atoms with van der Waals surface area (Å²) in [5.74, 6) is -1.71. The molecule has 1 fully saturated rings. The number of aromatic nitrogens is 1. The number of phenols is 1. The monoisotopic (exact) mass is 379 g/mol. The average Bonchev–Trinajstić information content (AvgIpc) is 2.77. The molecule has 1 atom stereocenters. The Balaban J connectivity index is 1.92. The molecule has 1 amide bonds. The maximum atomic E-state index is 14.2. The van der Waals surface area contributed by atoms with Gasteiger partial charge in [-0.15, -0.1) is 0 Å². The summed E-state index contributed by atoms with van der Waals surface area (Å²) in [6, 6.07) is 3.50. The highest BCUT2D eigenvalue weighted by atomic mass is 35.5. The van der Waals surface area contributed by atoms with Gasteiger partial charge in [0, 0.05) is 19.6 Å². The highest BCUT2D eigenvalue weighted by Crippen LogP contribution is 2.40. The standard InChI is InChI=1S/C17H15ClFN3O4/c18-13-14(11-9(19)2-1-3-10(11)23)21-16(24)12-15(13)26-7-8-6-20-4-5-22(8)17(12)25/h1-3,8,20,23H,4-7H2,(H,21,24)/t8-/m1/s1. The van der Waals surface area contributed by atoms with Gasteiger partial charge in [-0.1, -0.05) is 17.7 Å². The van der Waals surface area contributed by atoms with Crippen LogP contribution in [0.25, 0.3) is 11.3 Å². The number of ether oxygens (including phenoxy) is 1. The fourth-order valence-electron chi connectivity index (χ4n) is 3.32. The van der Waals surface area contributed by atoms with E-state index in [4.69, 9.17) is 16.3 Å². The van der Waals surface area contributed by atoms with Crippen LogP contribution in [0, 0.1) is 5.82 Å². The number of H-pyrrole nitrogens is 1. The van der Waals surface area contributed by atoms with E-state index in [1.807, 2.05) is 0 Å². The Morgan fingerprint density at radius 2 is 2.12 bits per heavy atom.